The molecule has 1 aliphatic rings. The van der Waals surface area contributed by atoms with Crippen LogP contribution in [0.1, 0.15) is 19.4 Å². The molecule has 24 heavy (non-hydrogen) atoms. The van der Waals surface area contributed by atoms with E-state index in [1.165, 1.54) is 18.7 Å². The largest absolute Gasteiger partial charge is 0.339 e. The van der Waals surface area contributed by atoms with Gasteiger partial charge in [0.25, 0.3) is 0 Å². The second-order valence-corrected chi connectivity index (χ2v) is 5.62. The maximum absolute atomic E-state index is 12.5. The molecule has 0 atom stereocenters. The van der Waals surface area contributed by atoms with Crippen LogP contribution < -0.4 is 4.90 Å². The minimum absolute atomic E-state index is 0.00425. The van der Waals surface area contributed by atoms with Crippen LogP contribution in [0.4, 0.5) is 5.69 Å². The van der Waals surface area contributed by atoms with Gasteiger partial charge < -0.3 is 14.7 Å². The Morgan fingerprint density at radius 3 is 2.21 bits per heavy atom. The maximum Gasteiger partial charge on any atom is 0.242 e. The Morgan fingerprint density at radius 2 is 1.67 bits per heavy atom. The standard InChI is InChI=1S/C17H20N4O3/c1-13(22)19-7-9-20(10-8-19)17(24)12-21(14(2)23)16-6-4-3-5-15(16)11-18/h3-6H,7-10,12H2,1-2H3. The summed E-state index contributed by atoms with van der Waals surface area (Å²) in [7, 11) is 0. The van der Waals surface area contributed by atoms with E-state index < -0.39 is 0 Å². The van der Waals surface area contributed by atoms with Crippen LogP contribution in [0.5, 0.6) is 0 Å². The molecule has 1 heterocycles. The lowest BCUT2D eigenvalue weighted by Gasteiger charge is -2.35. The zero-order valence-corrected chi connectivity index (χ0v) is 13.9. The topological polar surface area (TPSA) is 84.7 Å². The van der Waals surface area contributed by atoms with E-state index in [0.29, 0.717) is 37.4 Å². The molecule has 7 heteroatoms. The molecule has 1 fully saturated rings. The molecule has 0 aliphatic carbocycles. The third kappa shape index (κ3) is 3.90. The van der Waals surface area contributed by atoms with Gasteiger partial charge in [-0.1, -0.05) is 12.1 Å². The Kier molecular flexibility index (Phi) is 5.53. The van der Waals surface area contributed by atoms with Crippen molar-refractivity contribution in [1.82, 2.24) is 9.80 Å². The molecule has 0 aromatic heterocycles. The van der Waals surface area contributed by atoms with Crippen LogP contribution in [0.2, 0.25) is 0 Å². The number of nitrogens with zero attached hydrogens (tertiary/aromatic N) is 4. The molecule has 0 radical (unpaired) electrons. The summed E-state index contributed by atoms with van der Waals surface area (Å²) in [5.74, 6) is -0.495. The molecule has 2 rings (SSSR count). The molecule has 126 valence electrons. The van der Waals surface area contributed by atoms with Gasteiger partial charge in [0.1, 0.15) is 12.6 Å². The monoisotopic (exact) mass is 328 g/mol. The van der Waals surface area contributed by atoms with Crippen LogP contribution in [-0.2, 0) is 14.4 Å². The van der Waals surface area contributed by atoms with Crippen molar-refractivity contribution in [3.05, 3.63) is 29.8 Å². The van der Waals surface area contributed by atoms with Gasteiger partial charge in [-0.15, -0.1) is 0 Å². The van der Waals surface area contributed by atoms with E-state index in [9.17, 15) is 19.6 Å². The normalized spacial score (nSPS) is 14.0. The van der Waals surface area contributed by atoms with Crippen molar-refractivity contribution in [3.8, 4) is 6.07 Å². The van der Waals surface area contributed by atoms with Crippen LogP contribution >= 0.6 is 0 Å². The van der Waals surface area contributed by atoms with Crippen molar-refractivity contribution in [1.29, 1.82) is 5.26 Å². The molecule has 0 spiro atoms. The summed E-state index contributed by atoms with van der Waals surface area (Å²) in [5, 5.41) is 9.19. The van der Waals surface area contributed by atoms with Gasteiger partial charge in [-0.3, -0.25) is 14.4 Å². The van der Waals surface area contributed by atoms with E-state index in [0.717, 1.165) is 0 Å². The molecule has 3 amide bonds. The zero-order valence-electron chi connectivity index (χ0n) is 13.9. The molecular weight excluding hydrogens is 308 g/mol. The molecule has 1 saturated heterocycles. The number of anilines is 1. The quantitative estimate of drug-likeness (QED) is 0.813. The van der Waals surface area contributed by atoms with E-state index >= 15 is 0 Å². The van der Waals surface area contributed by atoms with Gasteiger partial charge in [0.15, 0.2) is 0 Å². The molecule has 7 nitrogen and oxygen atoms in total. The first-order chi connectivity index (χ1) is 11.4. The van der Waals surface area contributed by atoms with Crippen LogP contribution in [0, 0.1) is 11.3 Å². The van der Waals surface area contributed by atoms with Gasteiger partial charge in [0.2, 0.25) is 17.7 Å². The molecule has 0 N–H and O–H groups in total. The smallest absolute Gasteiger partial charge is 0.242 e. The summed E-state index contributed by atoms with van der Waals surface area (Å²) in [4.78, 5) is 40.5. The average Bonchev–Trinajstić information content (AvgIpc) is 2.59. The van der Waals surface area contributed by atoms with Gasteiger partial charge in [-0.05, 0) is 12.1 Å². The number of carbonyl (C=O) groups is 3. The summed E-state index contributed by atoms with van der Waals surface area (Å²) >= 11 is 0. The maximum atomic E-state index is 12.5. The first kappa shape index (κ1) is 17.5. The highest BCUT2D eigenvalue weighted by molar-refractivity contribution is 5.98. The lowest BCUT2D eigenvalue weighted by molar-refractivity contribution is -0.137. The lowest BCUT2D eigenvalue weighted by atomic mass is 10.1. The number of hydrogen-bond acceptors (Lipinski definition) is 4. The van der Waals surface area contributed by atoms with Gasteiger partial charge in [0, 0.05) is 40.0 Å². The van der Waals surface area contributed by atoms with Gasteiger partial charge in [-0.2, -0.15) is 5.26 Å². The first-order valence-corrected chi connectivity index (χ1v) is 7.74. The van der Waals surface area contributed by atoms with E-state index in [1.54, 1.807) is 34.1 Å². The highest BCUT2D eigenvalue weighted by Gasteiger charge is 2.25. The number of para-hydroxylation sites is 1. The summed E-state index contributed by atoms with van der Waals surface area (Å²) in [5.41, 5.74) is 0.783. The summed E-state index contributed by atoms with van der Waals surface area (Å²) in [6.45, 7) is 4.65. The fourth-order valence-electron chi connectivity index (χ4n) is 2.68. The number of rotatable bonds is 3. The average molecular weight is 328 g/mol. The SMILES string of the molecule is CC(=O)N1CCN(C(=O)CN(C(C)=O)c2ccccc2C#N)CC1. The lowest BCUT2D eigenvalue weighted by Crippen LogP contribution is -2.52. The van der Waals surface area contributed by atoms with Crippen molar-refractivity contribution < 1.29 is 14.4 Å². The Hall–Kier alpha value is -2.88. The van der Waals surface area contributed by atoms with Crippen molar-refractivity contribution in [3.63, 3.8) is 0 Å². The molecule has 1 aliphatic heterocycles. The predicted octanol–water partition coefficient (Wildman–Crippen LogP) is 0.602. The fourth-order valence-corrected chi connectivity index (χ4v) is 2.68. The Labute approximate surface area is 141 Å². The highest BCUT2D eigenvalue weighted by atomic mass is 16.2. The summed E-state index contributed by atoms with van der Waals surface area (Å²) in [6, 6.07) is 8.74. The minimum atomic E-state index is -0.298. The van der Waals surface area contributed by atoms with Crippen molar-refractivity contribution in [2.24, 2.45) is 0 Å². The number of nitriles is 1. The third-order valence-electron chi connectivity index (χ3n) is 4.07. The molecule has 1 aromatic carbocycles. The Bertz CT molecular complexity index is 687. The van der Waals surface area contributed by atoms with E-state index in [4.69, 9.17) is 0 Å². The van der Waals surface area contributed by atoms with E-state index in [-0.39, 0.29) is 24.3 Å². The Balaban J connectivity index is 2.09. The zero-order chi connectivity index (χ0) is 17.7. The summed E-state index contributed by atoms with van der Waals surface area (Å²) in [6.07, 6.45) is 0. The summed E-state index contributed by atoms with van der Waals surface area (Å²) < 4.78 is 0. The second kappa shape index (κ2) is 7.59. The van der Waals surface area contributed by atoms with Crippen LogP contribution in [0.25, 0.3) is 0 Å². The van der Waals surface area contributed by atoms with Crippen LogP contribution in [-0.4, -0.2) is 60.2 Å². The minimum Gasteiger partial charge on any atom is -0.339 e. The molecule has 1 aromatic rings. The molecule has 0 bridgehead atoms. The van der Waals surface area contributed by atoms with Crippen molar-refractivity contribution >= 4 is 23.4 Å². The van der Waals surface area contributed by atoms with E-state index in [2.05, 4.69) is 0 Å². The highest BCUT2D eigenvalue weighted by Crippen LogP contribution is 2.20. The number of benzene rings is 1. The number of carbonyl (C=O) groups excluding carboxylic acids is 3. The Morgan fingerprint density at radius 1 is 1.08 bits per heavy atom. The van der Waals surface area contributed by atoms with Gasteiger partial charge in [0.05, 0.1) is 11.3 Å². The van der Waals surface area contributed by atoms with Crippen LogP contribution in [0.15, 0.2) is 24.3 Å². The molecule has 0 saturated carbocycles. The fraction of sp³-hybridized carbons (Fsp3) is 0.412. The number of piperazine rings is 1. The van der Waals surface area contributed by atoms with Crippen LogP contribution in [0.3, 0.4) is 0 Å². The van der Waals surface area contributed by atoms with Crippen molar-refractivity contribution in [2.75, 3.05) is 37.6 Å². The molecular formula is C17H20N4O3. The third-order valence-corrected chi connectivity index (χ3v) is 4.07. The first-order valence-electron chi connectivity index (χ1n) is 7.74. The van der Waals surface area contributed by atoms with E-state index in [1.807, 2.05) is 6.07 Å². The van der Waals surface area contributed by atoms with Crippen molar-refractivity contribution in [2.45, 2.75) is 13.8 Å². The number of hydrogen-bond donors (Lipinski definition) is 0. The van der Waals surface area contributed by atoms with Gasteiger partial charge in [-0.25, -0.2) is 0 Å². The molecule has 0 unspecified atom stereocenters. The predicted molar refractivity (Wildman–Crippen MR) is 88.0 cm³/mol. The number of amides is 3. The van der Waals surface area contributed by atoms with Gasteiger partial charge >= 0.3 is 0 Å². The second-order valence-electron chi connectivity index (χ2n) is 5.62.